The highest BCUT2D eigenvalue weighted by molar-refractivity contribution is 5.69. The van der Waals surface area contributed by atoms with E-state index in [4.69, 9.17) is 10.5 Å². The van der Waals surface area contributed by atoms with Crippen molar-refractivity contribution in [2.45, 2.75) is 32.9 Å². The molecule has 0 bridgehead atoms. The Morgan fingerprint density at radius 2 is 1.83 bits per heavy atom. The van der Waals surface area contributed by atoms with Crippen molar-refractivity contribution in [1.82, 2.24) is 4.57 Å². The summed E-state index contributed by atoms with van der Waals surface area (Å²) in [6.45, 7) is 5.19. The van der Waals surface area contributed by atoms with Crippen LogP contribution in [0.5, 0.6) is 5.75 Å². The van der Waals surface area contributed by atoms with Gasteiger partial charge in [0.15, 0.2) is 0 Å². The van der Waals surface area contributed by atoms with Gasteiger partial charge in [-0.2, -0.15) is 0 Å². The van der Waals surface area contributed by atoms with Crippen molar-refractivity contribution in [3.05, 3.63) is 64.1 Å². The average Bonchev–Trinajstić information content (AvgIpc) is 2.56. The molecule has 1 atom stereocenters. The highest BCUT2D eigenvalue weighted by atomic mass is 16.5. The first-order valence-electron chi connectivity index (χ1n) is 7.99. The summed E-state index contributed by atoms with van der Waals surface area (Å²) in [4.78, 5) is 12.1. The Labute approximate surface area is 137 Å². The standard InChI is InChI=1S/C19H24N2O2/c1-3-17(20)14-21-12-11-16(13-19(21)22)6-5-15-7-9-18(10-8-15)23-4-2/h5-13,17H,3-4,14,20H2,1-2H3/b6-5+. The van der Waals surface area contributed by atoms with Crippen LogP contribution in [0.2, 0.25) is 0 Å². The van der Waals surface area contributed by atoms with E-state index < -0.39 is 0 Å². The molecule has 0 amide bonds. The van der Waals surface area contributed by atoms with Crippen molar-refractivity contribution >= 4 is 12.2 Å². The molecular weight excluding hydrogens is 288 g/mol. The van der Waals surface area contributed by atoms with Crippen LogP contribution in [-0.2, 0) is 6.54 Å². The number of hydrogen-bond acceptors (Lipinski definition) is 3. The van der Waals surface area contributed by atoms with Gasteiger partial charge in [-0.05, 0) is 42.7 Å². The molecular formula is C19H24N2O2. The quantitative estimate of drug-likeness (QED) is 0.854. The first-order chi connectivity index (χ1) is 11.1. The van der Waals surface area contributed by atoms with E-state index in [0.29, 0.717) is 13.2 Å². The van der Waals surface area contributed by atoms with E-state index in [1.807, 2.05) is 56.3 Å². The minimum Gasteiger partial charge on any atom is -0.494 e. The number of nitrogens with zero attached hydrogens (tertiary/aromatic N) is 1. The van der Waals surface area contributed by atoms with Crippen molar-refractivity contribution in [1.29, 1.82) is 0 Å². The lowest BCUT2D eigenvalue weighted by molar-refractivity contribution is 0.340. The zero-order valence-electron chi connectivity index (χ0n) is 13.7. The largest absolute Gasteiger partial charge is 0.494 e. The Hall–Kier alpha value is -2.33. The number of hydrogen-bond donors (Lipinski definition) is 1. The monoisotopic (exact) mass is 312 g/mol. The van der Waals surface area contributed by atoms with Crippen molar-refractivity contribution in [3.63, 3.8) is 0 Å². The van der Waals surface area contributed by atoms with Crippen LogP contribution in [0.25, 0.3) is 12.2 Å². The molecule has 1 unspecified atom stereocenters. The number of rotatable bonds is 7. The van der Waals surface area contributed by atoms with E-state index in [1.165, 1.54) is 0 Å². The molecule has 0 spiro atoms. The Kier molecular flexibility index (Phi) is 6.18. The molecule has 4 nitrogen and oxygen atoms in total. The molecule has 1 heterocycles. The fraction of sp³-hybridized carbons (Fsp3) is 0.316. The summed E-state index contributed by atoms with van der Waals surface area (Å²) < 4.78 is 7.07. The molecule has 2 N–H and O–H groups in total. The summed E-state index contributed by atoms with van der Waals surface area (Å²) in [7, 11) is 0. The molecule has 0 saturated heterocycles. The fourth-order valence-corrected chi connectivity index (χ4v) is 2.19. The van der Waals surface area contributed by atoms with Crippen molar-refractivity contribution < 1.29 is 4.74 Å². The molecule has 23 heavy (non-hydrogen) atoms. The molecule has 1 aromatic heterocycles. The van der Waals surface area contributed by atoms with Gasteiger partial charge in [0, 0.05) is 24.8 Å². The van der Waals surface area contributed by atoms with E-state index >= 15 is 0 Å². The van der Waals surface area contributed by atoms with Gasteiger partial charge in [-0.15, -0.1) is 0 Å². The Bertz CT molecular complexity index is 702. The van der Waals surface area contributed by atoms with Gasteiger partial charge in [0.1, 0.15) is 5.75 Å². The second-order valence-electron chi connectivity index (χ2n) is 5.45. The lowest BCUT2D eigenvalue weighted by Gasteiger charge is -2.11. The highest BCUT2D eigenvalue weighted by Gasteiger charge is 2.02. The normalized spacial score (nSPS) is 12.5. The third-order valence-corrected chi connectivity index (χ3v) is 3.64. The van der Waals surface area contributed by atoms with E-state index in [9.17, 15) is 4.79 Å². The first-order valence-corrected chi connectivity index (χ1v) is 7.99. The number of pyridine rings is 1. The molecule has 0 aliphatic rings. The van der Waals surface area contributed by atoms with E-state index in [-0.39, 0.29) is 11.6 Å². The summed E-state index contributed by atoms with van der Waals surface area (Å²) in [6.07, 6.45) is 6.56. The molecule has 1 aromatic carbocycles. The van der Waals surface area contributed by atoms with Crippen LogP contribution in [0.4, 0.5) is 0 Å². The highest BCUT2D eigenvalue weighted by Crippen LogP contribution is 2.14. The topological polar surface area (TPSA) is 57.2 Å². The van der Waals surface area contributed by atoms with E-state index in [0.717, 1.165) is 23.3 Å². The molecule has 0 fully saturated rings. The molecule has 0 aliphatic heterocycles. The van der Waals surface area contributed by atoms with Crippen molar-refractivity contribution in [2.75, 3.05) is 6.61 Å². The maximum absolute atomic E-state index is 12.1. The lowest BCUT2D eigenvalue weighted by Crippen LogP contribution is -2.30. The van der Waals surface area contributed by atoms with Crippen molar-refractivity contribution in [3.8, 4) is 5.75 Å². The summed E-state index contributed by atoms with van der Waals surface area (Å²) in [5.41, 5.74) is 7.81. The molecule has 122 valence electrons. The van der Waals surface area contributed by atoms with Gasteiger partial charge in [-0.3, -0.25) is 4.79 Å². The van der Waals surface area contributed by atoms with Gasteiger partial charge in [0.05, 0.1) is 6.61 Å². The zero-order chi connectivity index (χ0) is 16.7. The maximum atomic E-state index is 12.1. The minimum atomic E-state index is -0.0252. The summed E-state index contributed by atoms with van der Waals surface area (Å²) >= 11 is 0. The molecule has 0 aliphatic carbocycles. The molecule has 0 saturated carbocycles. The predicted molar refractivity (Wildman–Crippen MR) is 95.5 cm³/mol. The maximum Gasteiger partial charge on any atom is 0.251 e. The number of nitrogens with two attached hydrogens (primary N) is 1. The summed E-state index contributed by atoms with van der Waals surface area (Å²) in [6, 6.07) is 11.4. The smallest absolute Gasteiger partial charge is 0.251 e. The predicted octanol–water partition coefficient (Wildman–Crippen LogP) is 3.15. The third kappa shape index (κ3) is 5.11. The van der Waals surface area contributed by atoms with Crippen LogP contribution >= 0.6 is 0 Å². The first kappa shape index (κ1) is 17.0. The number of benzene rings is 1. The second-order valence-corrected chi connectivity index (χ2v) is 5.45. The van der Waals surface area contributed by atoms with Gasteiger partial charge >= 0.3 is 0 Å². The van der Waals surface area contributed by atoms with Gasteiger partial charge < -0.3 is 15.0 Å². The van der Waals surface area contributed by atoms with Crippen molar-refractivity contribution in [2.24, 2.45) is 5.73 Å². The van der Waals surface area contributed by atoms with Gasteiger partial charge in [-0.25, -0.2) is 0 Å². The Balaban J connectivity index is 2.07. The fourth-order valence-electron chi connectivity index (χ4n) is 2.19. The van der Waals surface area contributed by atoms with E-state index in [2.05, 4.69) is 0 Å². The SMILES string of the molecule is CCOc1ccc(/C=C/c2ccn(CC(N)CC)c(=O)c2)cc1. The molecule has 2 aromatic rings. The average molecular weight is 312 g/mol. The zero-order valence-corrected chi connectivity index (χ0v) is 13.7. The van der Waals surface area contributed by atoms with Crippen LogP contribution < -0.4 is 16.0 Å². The van der Waals surface area contributed by atoms with Crippen LogP contribution in [0.3, 0.4) is 0 Å². The second kappa shape index (κ2) is 8.34. The van der Waals surface area contributed by atoms with Crippen LogP contribution in [0.15, 0.2) is 47.4 Å². The molecule has 4 heteroatoms. The lowest BCUT2D eigenvalue weighted by atomic mass is 10.1. The van der Waals surface area contributed by atoms with Crippen LogP contribution in [-0.4, -0.2) is 17.2 Å². The minimum absolute atomic E-state index is 0.0120. The summed E-state index contributed by atoms with van der Waals surface area (Å²) in [5.74, 6) is 0.861. The van der Waals surface area contributed by atoms with Crippen LogP contribution in [0.1, 0.15) is 31.4 Å². The van der Waals surface area contributed by atoms with Gasteiger partial charge in [0.25, 0.3) is 5.56 Å². The third-order valence-electron chi connectivity index (χ3n) is 3.64. The number of ether oxygens (including phenoxy) is 1. The van der Waals surface area contributed by atoms with Gasteiger partial charge in [-0.1, -0.05) is 31.2 Å². The van der Waals surface area contributed by atoms with E-state index in [1.54, 1.807) is 16.8 Å². The van der Waals surface area contributed by atoms with Crippen LogP contribution in [0, 0.1) is 0 Å². The van der Waals surface area contributed by atoms with Gasteiger partial charge in [0.2, 0.25) is 0 Å². The Morgan fingerprint density at radius 3 is 2.43 bits per heavy atom. The molecule has 2 rings (SSSR count). The number of aromatic nitrogens is 1. The summed E-state index contributed by atoms with van der Waals surface area (Å²) in [5, 5.41) is 0. The molecule has 0 radical (unpaired) electrons. The Morgan fingerprint density at radius 1 is 1.13 bits per heavy atom.